The summed E-state index contributed by atoms with van der Waals surface area (Å²) in [6.45, 7) is 0. The molecule has 0 unspecified atom stereocenters. The fourth-order valence-electron chi connectivity index (χ4n) is 2.07. The lowest BCUT2D eigenvalue weighted by Crippen LogP contribution is -2.04. The largest absolute Gasteiger partial charge is 0.481 e. The Bertz CT molecular complexity index is 735. The topological polar surface area (TPSA) is 67.5 Å². The average molecular weight is 253 g/mol. The van der Waals surface area contributed by atoms with Gasteiger partial charge in [-0.25, -0.2) is 4.98 Å². The summed E-state index contributed by atoms with van der Waals surface area (Å²) in [5.74, 6) is -0.886. The number of imidazole rings is 1. The van der Waals surface area contributed by atoms with Crippen molar-refractivity contribution in [3.05, 3.63) is 54.5 Å². The minimum Gasteiger partial charge on any atom is -0.481 e. The van der Waals surface area contributed by atoms with E-state index in [0.29, 0.717) is 17.1 Å². The maximum absolute atomic E-state index is 11.0. The van der Waals surface area contributed by atoms with Gasteiger partial charge < -0.3 is 9.51 Å². The molecule has 94 valence electrons. The molecule has 0 radical (unpaired) electrons. The number of fused-ring (bicyclic) bond motifs is 1. The van der Waals surface area contributed by atoms with E-state index in [2.05, 4.69) is 9.97 Å². The van der Waals surface area contributed by atoms with Crippen LogP contribution in [0.3, 0.4) is 0 Å². The highest BCUT2D eigenvalue weighted by molar-refractivity contribution is 5.75. The molecule has 3 heterocycles. The van der Waals surface area contributed by atoms with Crippen LogP contribution in [-0.4, -0.2) is 25.4 Å². The van der Waals surface area contributed by atoms with Gasteiger partial charge in [-0.3, -0.25) is 9.78 Å². The standard InChI is InChI=1S/C14H11N3O2/c18-13(19)9-11-14(10-5-1-3-7-15-10)16-12-6-2-4-8-17(11)12/h1-8H,9H2,(H,18,19). The van der Waals surface area contributed by atoms with Crippen LogP contribution in [0.15, 0.2) is 48.8 Å². The SMILES string of the molecule is O=C(O)Cc1c(-c2ccccn2)nc2ccccn12. The van der Waals surface area contributed by atoms with E-state index in [4.69, 9.17) is 5.11 Å². The quantitative estimate of drug-likeness (QED) is 0.775. The Kier molecular flexibility index (Phi) is 2.72. The molecule has 0 aliphatic heterocycles. The molecule has 0 aromatic carbocycles. The lowest BCUT2D eigenvalue weighted by molar-refractivity contribution is -0.136. The second kappa shape index (κ2) is 4.53. The van der Waals surface area contributed by atoms with Gasteiger partial charge in [0.25, 0.3) is 0 Å². The van der Waals surface area contributed by atoms with E-state index >= 15 is 0 Å². The highest BCUT2D eigenvalue weighted by Gasteiger charge is 2.16. The van der Waals surface area contributed by atoms with Crippen molar-refractivity contribution in [1.29, 1.82) is 0 Å². The van der Waals surface area contributed by atoms with Gasteiger partial charge in [-0.05, 0) is 24.3 Å². The van der Waals surface area contributed by atoms with Crippen LogP contribution in [0.5, 0.6) is 0 Å². The third-order valence-corrected chi connectivity index (χ3v) is 2.86. The molecule has 5 heteroatoms. The predicted molar refractivity (Wildman–Crippen MR) is 69.8 cm³/mol. The Morgan fingerprint density at radius 3 is 2.79 bits per heavy atom. The number of carboxylic acid groups (broad SMARTS) is 1. The molecular formula is C14H11N3O2. The van der Waals surface area contributed by atoms with Gasteiger partial charge in [0.15, 0.2) is 0 Å². The molecule has 1 N–H and O–H groups in total. The Hall–Kier alpha value is -2.69. The Labute approximate surface area is 109 Å². The number of hydrogen-bond acceptors (Lipinski definition) is 3. The maximum Gasteiger partial charge on any atom is 0.309 e. The minimum absolute atomic E-state index is 0.0862. The van der Waals surface area contributed by atoms with E-state index in [1.165, 1.54) is 0 Å². The zero-order valence-electron chi connectivity index (χ0n) is 10.0. The monoisotopic (exact) mass is 253 g/mol. The number of aliphatic carboxylic acids is 1. The van der Waals surface area contributed by atoms with Crippen molar-refractivity contribution in [2.75, 3.05) is 0 Å². The lowest BCUT2D eigenvalue weighted by Gasteiger charge is -2.01. The van der Waals surface area contributed by atoms with Crippen LogP contribution in [0.4, 0.5) is 0 Å². The van der Waals surface area contributed by atoms with E-state index in [1.54, 1.807) is 10.6 Å². The molecule has 0 aliphatic rings. The molecule has 0 saturated carbocycles. The minimum atomic E-state index is -0.886. The van der Waals surface area contributed by atoms with Crippen LogP contribution in [0, 0.1) is 0 Å². The normalized spacial score (nSPS) is 10.7. The summed E-state index contributed by atoms with van der Waals surface area (Å²) in [4.78, 5) is 19.7. The van der Waals surface area contributed by atoms with Gasteiger partial charge in [0, 0.05) is 12.4 Å². The van der Waals surface area contributed by atoms with Crippen LogP contribution < -0.4 is 0 Å². The number of aromatic nitrogens is 3. The second-order valence-electron chi connectivity index (χ2n) is 4.12. The molecule has 3 aromatic heterocycles. The molecule has 0 aliphatic carbocycles. The van der Waals surface area contributed by atoms with E-state index < -0.39 is 5.97 Å². The number of carbonyl (C=O) groups is 1. The molecule has 0 atom stereocenters. The van der Waals surface area contributed by atoms with Gasteiger partial charge in [-0.2, -0.15) is 0 Å². The number of rotatable bonds is 3. The van der Waals surface area contributed by atoms with Crippen LogP contribution in [-0.2, 0) is 11.2 Å². The Morgan fingerprint density at radius 2 is 2.05 bits per heavy atom. The van der Waals surface area contributed by atoms with E-state index in [1.807, 2.05) is 42.6 Å². The lowest BCUT2D eigenvalue weighted by atomic mass is 10.2. The molecule has 0 amide bonds. The van der Waals surface area contributed by atoms with Gasteiger partial charge >= 0.3 is 5.97 Å². The van der Waals surface area contributed by atoms with Crippen molar-refractivity contribution < 1.29 is 9.90 Å². The number of nitrogens with zero attached hydrogens (tertiary/aromatic N) is 3. The summed E-state index contributed by atoms with van der Waals surface area (Å²) in [6, 6.07) is 11.1. The molecule has 19 heavy (non-hydrogen) atoms. The molecule has 0 bridgehead atoms. The number of pyridine rings is 2. The molecule has 0 fully saturated rings. The fourth-order valence-corrected chi connectivity index (χ4v) is 2.07. The number of hydrogen-bond donors (Lipinski definition) is 1. The average Bonchev–Trinajstić information content (AvgIpc) is 2.78. The third-order valence-electron chi connectivity index (χ3n) is 2.86. The summed E-state index contributed by atoms with van der Waals surface area (Å²) in [5, 5.41) is 9.05. The first-order chi connectivity index (χ1) is 9.25. The molecule has 0 saturated heterocycles. The first-order valence-corrected chi connectivity index (χ1v) is 5.85. The van der Waals surface area contributed by atoms with Gasteiger partial charge in [-0.1, -0.05) is 12.1 Å². The van der Waals surface area contributed by atoms with E-state index in [-0.39, 0.29) is 6.42 Å². The Morgan fingerprint density at radius 1 is 1.21 bits per heavy atom. The highest BCUT2D eigenvalue weighted by Crippen LogP contribution is 2.22. The summed E-state index contributed by atoms with van der Waals surface area (Å²) in [6.07, 6.45) is 3.40. The summed E-state index contributed by atoms with van der Waals surface area (Å²) < 4.78 is 1.79. The van der Waals surface area contributed by atoms with Crippen LogP contribution in [0.2, 0.25) is 0 Å². The van der Waals surface area contributed by atoms with Crippen molar-refractivity contribution in [2.45, 2.75) is 6.42 Å². The van der Waals surface area contributed by atoms with Crippen molar-refractivity contribution >= 4 is 11.6 Å². The van der Waals surface area contributed by atoms with Crippen molar-refractivity contribution in [3.63, 3.8) is 0 Å². The molecular weight excluding hydrogens is 242 g/mol. The van der Waals surface area contributed by atoms with Crippen LogP contribution in [0.1, 0.15) is 5.69 Å². The zero-order chi connectivity index (χ0) is 13.2. The zero-order valence-corrected chi connectivity index (χ0v) is 10.0. The van der Waals surface area contributed by atoms with E-state index in [9.17, 15) is 4.79 Å². The molecule has 5 nitrogen and oxygen atoms in total. The summed E-state index contributed by atoms with van der Waals surface area (Å²) >= 11 is 0. The summed E-state index contributed by atoms with van der Waals surface area (Å²) in [7, 11) is 0. The highest BCUT2D eigenvalue weighted by atomic mass is 16.4. The first kappa shape index (κ1) is 11.4. The molecule has 3 rings (SSSR count). The smallest absolute Gasteiger partial charge is 0.309 e. The fraction of sp³-hybridized carbons (Fsp3) is 0.0714. The second-order valence-corrected chi connectivity index (χ2v) is 4.12. The van der Waals surface area contributed by atoms with Gasteiger partial charge in [-0.15, -0.1) is 0 Å². The van der Waals surface area contributed by atoms with Crippen LogP contribution in [0.25, 0.3) is 17.0 Å². The van der Waals surface area contributed by atoms with E-state index in [0.717, 1.165) is 5.65 Å². The molecule has 3 aromatic rings. The predicted octanol–water partition coefficient (Wildman–Crippen LogP) is 2.02. The van der Waals surface area contributed by atoms with Crippen molar-refractivity contribution in [1.82, 2.24) is 14.4 Å². The van der Waals surface area contributed by atoms with Crippen molar-refractivity contribution in [2.24, 2.45) is 0 Å². The van der Waals surface area contributed by atoms with Gasteiger partial charge in [0.2, 0.25) is 0 Å². The van der Waals surface area contributed by atoms with Gasteiger partial charge in [0.05, 0.1) is 17.8 Å². The summed E-state index contributed by atoms with van der Waals surface area (Å²) in [5.41, 5.74) is 2.66. The van der Waals surface area contributed by atoms with Crippen LogP contribution >= 0.6 is 0 Å². The van der Waals surface area contributed by atoms with Gasteiger partial charge in [0.1, 0.15) is 11.3 Å². The maximum atomic E-state index is 11.0. The first-order valence-electron chi connectivity index (χ1n) is 5.85. The molecule has 0 spiro atoms. The number of carboxylic acids is 1. The van der Waals surface area contributed by atoms with Crippen molar-refractivity contribution in [3.8, 4) is 11.4 Å². The Balaban J connectivity index is 2.26. The third kappa shape index (κ3) is 2.06.